The quantitative estimate of drug-likeness (QED) is 0.712. The van der Waals surface area contributed by atoms with Gasteiger partial charge in [-0.1, -0.05) is 12.1 Å². The van der Waals surface area contributed by atoms with Gasteiger partial charge in [-0.05, 0) is 24.3 Å². The van der Waals surface area contributed by atoms with Crippen LogP contribution < -0.4 is 20.3 Å². The van der Waals surface area contributed by atoms with Crippen LogP contribution in [0.4, 0.5) is 5.69 Å². The highest BCUT2D eigenvalue weighted by atomic mass is 16.5. The molecule has 0 unspecified atom stereocenters. The first-order chi connectivity index (χ1) is 13.1. The highest BCUT2D eigenvalue weighted by Gasteiger charge is 2.36. The van der Waals surface area contributed by atoms with Crippen molar-refractivity contribution < 1.29 is 23.5 Å². The van der Waals surface area contributed by atoms with Gasteiger partial charge in [0.2, 0.25) is 11.8 Å². The van der Waals surface area contributed by atoms with Crippen LogP contribution in [0.15, 0.2) is 47.1 Å². The third-order valence-corrected chi connectivity index (χ3v) is 4.33. The summed E-state index contributed by atoms with van der Waals surface area (Å²) in [6.07, 6.45) is 1.56. The maximum Gasteiger partial charge on any atom is 0.287 e. The molecule has 3 amide bonds. The van der Waals surface area contributed by atoms with Crippen molar-refractivity contribution >= 4 is 23.4 Å². The van der Waals surface area contributed by atoms with E-state index >= 15 is 0 Å². The molecule has 0 bridgehead atoms. The molecule has 3 rings (SSSR count). The van der Waals surface area contributed by atoms with E-state index in [0.717, 1.165) is 0 Å². The summed E-state index contributed by atoms with van der Waals surface area (Å²) in [5.41, 5.74) is 0.658. The van der Waals surface area contributed by atoms with Crippen molar-refractivity contribution in [3.05, 3.63) is 48.4 Å². The Morgan fingerprint density at radius 2 is 1.96 bits per heavy atom. The average Bonchev–Trinajstić information content (AvgIpc) is 3.35. The molecule has 1 saturated heterocycles. The van der Waals surface area contributed by atoms with E-state index in [1.54, 1.807) is 36.3 Å². The molecule has 2 N–H and O–H groups in total. The minimum atomic E-state index is -0.441. The number of ether oxygens (including phenoxy) is 1. The smallest absolute Gasteiger partial charge is 0.287 e. The summed E-state index contributed by atoms with van der Waals surface area (Å²) >= 11 is 0. The Hall–Kier alpha value is -3.29. The van der Waals surface area contributed by atoms with Gasteiger partial charge in [0, 0.05) is 26.1 Å². The normalized spacial score (nSPS) is 16.3. The summed E-state index contributed by atoms with van der Waals surface area (Å²) in [5.74, 6) is -0.308. The number of carbonyl (C=O) groups excluding carboxylic acids is 3. The Kier molecular flexibility index (Phi) is 5.75. The van der Waals surface area contributed by atoms with Gasteiger partial charge in [0.15, 0.2) is 5.76 Å². The molecular formula is C19H21N3O5. The highest BCUT2D eigenvalue weighted by molar-refractivity contribution is 6.01. The molecular weight excluding hydrogens is 350 g/mol. The molecule has 2 aromatic rings. The number of anilines is 1. The van der Waals surface area contributed by atoms with Crippen LogP contribution >= 0.6 is 0 Å². The number of amides is 3. The van der Waals surface area contributed by atoms with Crippen molar-refractivity contribution in [1.29, 1.82) is 0 Å². The number of carbonyl (C=O) groups is 3. The zero-order chi connectivity index (χ0) is 19.2. The van der Waals surface area contributed by atoms with Gasteiger partial charge in [0.1, 0.15) is 5.75 Å². The van der Waals surface area contributed by atoms with Crippen LogP contribution in [0.3, 0.4) is 0 Å². The number of nitrogens with zero attached hydrogens (tertiary/aromatic N) is 1. The maximum atomic E-state index is 12.3. The highest BCUT2D eigenvalue weighted by Crippen LogP contribution is 2.32. The van der Waals surface area contributed by atoms with E-state index in [1.807, 2.05) is 12.1 Å². The van der Waals surface area contributed by atoms with Crippen LogP contribution in [-0.2, 0) is 9.59 Å². The minimum absolute atomic E-state index is 0.120. The van der Waals surface area contributed by atoms with Crippen LogP contribution in [0, 0.1) is 5.92 Å². The number of para-hydroxylation sites is 2. The molecule has 0 aliphatic carbocycles. The number of hydrogen-bond acceptors (Lipinski definition) is 5. The first kappa shape index (κ1) is 18.5. The maximum absolute atomic E-state index is 12.3. The lowest BCUT2D eigenvalue weighted by Crippen LogP contribution is -2.38. The zero-order valence-electron chi connectivity index (χ0n) is 14.9. The van der Waals surface area contributed by atoms with Crippen molar-refractivity contribution in [3.8, 4) is 5.75 Å². The third-order valence-electron chi connectivity index (χ3n) is 4.33. The van der Waals surface area contributed by atoms with Crippen LogP contribution in [-0.4, -0.2) is 44.5 Å². The average molecular weight is 371 g/mol. The lowest BCUT2D eigenvalue weighted by molar-refractivity contribution is -0.126. The summed E-state index contributed by atoms with van der Waals surface area (Å²) < 4.78 is 10.3. The third kappa shape index (κ3) is 4.28. The largest absolute Gasteiger partial charge is 0.495 e. The molecule has 27 heavy (non-hydrogen) atoms. The molecule has 8 heteroatoms. The molecule has 1 aliphatic heterocycles. The van der Waals surface area contributed by atoms with Gasteiger partial charge in [-0.25, -0.2) is 0 Å². The molecule has 1 aromatic carbocycles. The molecule has 1 aliphatic rings. The van der Waals surface area contributed by atoms with Crippen molar-refractivity contribution in [2.75, 3.05) is 31.6 Å². The van der Waals surface area contributed by atoms with E-state index < -0.39 is 5.92 Å². The van der Waals surface area contributed by atoms with Gasteiger partial charge in [0.05, 0.1) is 25.0 Å². The number of nitrogens with one attached hydrogen (secondary N) is 2. The number of rotatable bonds is 7. The fourth-order valence-electron chi connectivity index (χ4n) is 2.97. The number of methoxy groups -OCH3 is 1. The second-order valence-corrected chi connectivity index (χ2v) is 6.10. The fourth-order valence-corrected chi connectivity index (χ4v) is 2.97. The molecule has 2 heterocycles. The Balaban J connectivity index is 1.48. The molecule has 0 radical (unpaired) electrons. The van der Waals surface area contributed by atoms with Crippen molar-refractivity contribution in [2.45, 2.75) is 6.42 Å². The monoisotopic (exact) mass is 371 g/mol. The van der Waals surface area contributed by atoms with E-state index in [4.69, 9.17) is 9.15 Å². The van der Waals surface area contributed by atoms with Gasteiger partial charge < -0.3 is 24.7 Å². The van der Waals surface area contributed by atoms with Gasteiger partial charge in [0.25, 0.3) is 5.91 Å². The molecule has 8 nitrogen and oxygen atoms in total. The number of benzene rings is 1. The first-order valence-electron chi connectivity index (χ1n) is 8.63. The Labute approximate surface area is 156 Å². The van der Waals surface area contributed by atoms with Crippen LogP contribution in [0.5, 0.6) is 5.75 Å². The molecule has 142 valence electrons. The zero-order valence-corrected chi connectivity index (χ0v) is 14.9. The predicted octanol–water partition coefficient (Wildman–Crippen LogP) is 1.19. The Morgan fingerprint density at radius 3 is 2.70 bits per heavy atom. The lowest BCUT2D eigenvalue weighted by atomic mass is 10.1. The van der Waals surface area contributed by atoms with Crippen molar-refractivity contribution in [2.24, 2.45) is 5.92 Å². The summed E-state index contributed by atoms with van der Waals surface area (Å²) in [6, 6.07) is 10.4. The van der Waals surface area contributed by atoms with E-state index in [0.29, 0.717) is 18.0 Å². The standard InChI is InChI=1S/C19H21N3O5/c1-26-15-6-3-2-5-14(15)22-12-13(11-17(22)23)18(24)20-8-9-21-19(25)16-7-4-10-27-16/h2-7,10,13H,8-9,11-12H2,1H3,(H,20,24)(H,21,25)/t13-/m1/s1. The van der Waals surface area contributed by atoms with Crippen LogP contribution in [0.25, 0.3) is 0 Å². The molecule has 0 spiro atoms. The molecule has 1 fully saturated rings. The fraction of sp³-hybridized carbons (Fsp3) is 0.316. The SMILES string of the molecule is COc1ccccc1N1C[C@H](C(=O)NCCNC(=O)c2ccco2)CC1=O. The van der Waals surface area contributed by atoms with Crippen LogP contribution in [0.2, 0.25) is 0 Å². The predicted molar refractivity (Wildman–Crippen MR) is 97.5 cm³/mol. The number of hydrogen-bond donors (Lipinski definition) is 2. The minimum Gasteiger partial charge on any atom is -0.495 e. The van der Waals surface area contributed by atoms with Gasteiger partial charge >= 0.3 is 0 Å². The summed E-state index contributed by atoms with van der Waals surface area (Å²) in [4.78, 5) is 38.0. The van der Waals surface area contributed by atoms with E-state index in [2.05, 4.69) is 10.6 Å². The summed E-state index contributed by atoms with van der Waals surface area (Å²) in [5, 5.41) is 5.40. The second kappa shape index (κ2) is 8.39. The van der Waals surface area contributed by atoms with Crippen molar-refractivity contribution in [3.63, 3.8) is 0 Å². The van der Waals surface area contributed by atoms with E-state index in [1.165, 1.54) is 6.26 Å². The lowest BCUT2D eigenvalue weighted by Gasteiger charge is -2.19. The topological polar surface area (TPSA) is 101 Å². The van der Waals surface area contributed by atoms with Gasteiger partial charge in [-0.3, -0.25) is 14.4 Å². The van der Waals surface area contributed by atoms with Gasteiger partial charge in [-0.15, -0.1) is 0 Å². The summed E-state index contributed by atoms with van der Waals surface area (Å²) in [7, 11) is 1.54. The molecule has 1 aromatic heterocycles. The molecule has 1 atom stereocenters. The van der Waals surface area contributed by atoms with Crippen molar-refractivity contribution in [1.82, 2.24) is 10.6 Å². The first-order valence-corrected chi connectivity index (χ1v) is 8.63. The second-order valence-electron chi connectivity index (χ2n) is 6.10. The van der Waals surface area contributed by atoms with E-state index in [9.17, 15) is 14.4 Å². The van der Waals surface area contributed by atoms with Crippen LogP contribution in [0.1, 0.15) is 17.0 Å². The van der Waals surface area contributed by atoms with Gasteiger partial charge in [-0.2, -0.15) is 0 Å². The Morgan fingerprint density at radius 1 is 1.19 bits per heavy atom. The molecule has 0 saturated carbocycles. The number of furan rings is 1. The Bertz CT molecular complexity index is 819. The summed E-state index contributed by atoms with van der Waals surface area (Å²) in [6.45, 7) is 0.830. The van der Waals surface area contributed by atoms with E-state index in [-0.39, 0.29) is 43.0 Å².